The van der Waals surface area contributed by atoms with Crippen LogP contribution in [0.15, 0.2) is 0 Å². The molecule has 1 saturated heterocycles. The van der Waals surface area contributed by atoms with Crippen LogP contribution in [-0.4, -0.2) is 37.1 Å². The minimum atomic E-state index is 0.401. The summed E-state index contributed by atoms with van der Waals surface area (Å²) < 4.78 is 0. The maximum absolute atomic E-state index is 3.28. The second kappa shape index (κ2) is 3.75. The molecular formula is C10H22N2. The molecule has 0 spiro atoms. The maximum atomic E-state index is 3.28. The predicted octanol–water partition coefficient (Wildman–Crippen LogP) is 1.33. The number of nitrogens with one attached hydrogen (secondary N) is 1. The van der Waals surface area contributed by atoms with E-state index in [2.05, 4.69) is 31.0 Å². The van der Waals surface area contributed by atoms with Gasteiger partial charge in [0.15, 0.2) is 0 Å². The molecule has 72 valence electrons. The first-order valence-electron chi connectivity index (χ1n) is 5.02. The van der Waals surface area contributed by atoms with Gasteiger partial charge in [0.05, 0.1) is 0 Å². The van der Waals surface area contributed by atoms with Crippen LogP contribution >= 0.6 is 0 Å². The Balaban J connectivity index is 2.57. The zero-order valence-electron chi connectivity index (χ0n) is 8.85. The Morgan fingerprint density at radius 3 is 2.58 bits per heavy atom. The maximum Gasteiger partial charge on any atom is 0.0193 e. The van der Waals surface area contributed by atoms with Crippen LogP contribution in [-0.2, 0) is 0 Å². The number of hydrogen-bond donors (Lipinski definition) is 1. The number of nitrogens with zero attached hydrogens (tertiary/aromatic N) is 1. The van der Waals surface area contributed by atoms with Gasteiger partial charge in [-0.3, -0.25) is 4.90 Å². The number of likely N-dealkylation sites (tertiary alicyclic amines) is 1. The molecule has 0 aliphatic carbocycles. The van der Waals surface area contributed by atoms with E-state index in [1.54, 1.807) is 0 Å². The highest BCUT2D eigenvalue weighted by molar-refractivity contribution is 4.95. The first-order chi connectivity index (χ1) is 5.62. The van der Waals surface area contributed by atoms with Crippen LogP contribution < -0.4 is 5.32 Å². The molecule has 1 N–H and O–H groups in total. The normalized spacial score (nSPS) is 29.5. The van der Waals surface area contributed by atoms with Gasteiger partial charge >= 0.3 is 0 Å². The molecule has 1 aliphatic heterocycles. The SMILES string of the molecule is CCN1CCC(CNC)C1(C)C. The van der Waals surface area contributed by atoms with Crippen LogP contribution in [0.2, 0.25) is 0 Å². The van der Waals surface area contributed by atoms with Gasteiger partial charge in [-0.1, -0.05) is 6.92 Å². The third kappa shape index (κ3) is 1.64. The molecule has 12 heavy (non-hydrogen) atoms. The highest BCUT2D eigenvalue weighted by atomic mass is 15.2. The third-order valence-corrected chi connectivity index (χ3v) is 3.39. The Kier molecular flexibility index (Phi) is 3.13. The van der Waals surface area contributed by atoms with Crippen molar-refractivity contribution >= 4 is 0 Å². The van der Waals surface area contributed by atoms with Crippen LogP contribution in [0.25, 0.3) is 0 Å². The van der Waals surface area contributed by atoms with E-state index in [0.717, 1.165) is 12.5 Å². The van der Waals surface area contributed by atoms with Crippen molar-refractivity contribution in [2.24, 2.45) is 5.92 Å². The monoisotopic (exact) mass is 170 g/mol. The summed E-state index contributed by atoms with van der Waals surface area (Å²) in [5.74, 6) is 0.822. The third-order valence-electron chi connectivity index (χ3n) is 3.39. The fourth-order valence-electron chi connectivity index (χ4n) is 2.38. The zero-order chi connectivity index (χ0) is 9.19. The molecule has 0 radical (unpaired) electrons. The van der Waals surface area contributed by atoms with Gasteiger partial charge < -0.3 is 5.32 Å². The van der Waals surface area contributed by atoms with Crippen LogP contribution in [0.5, 0.6) is 0 Å². The lowest BCUT2D eigenvalue weighted by Gasteiger charge is -2.35. The Hall–Kier alpha value is -0.0800. The molecule has 0 bridgehead atoms. The highest BCUT2D eigenvalue weighted by Gasteiger charge is 2.39. The van der Waals surface area contributed by atoms with Crippen molar-refractivity contribution < 1.29 is 0 Å². The number of hydrogen-bond acceptors (Lipinski definition) is 2. The standard InChI is InChI=1S/C10H22N2/c1-5-12-7-6-9(8-11-4)10(12,2)3/h9,11H,5-8H2,1-4H3. The summed E-state index contributed by atoms with van der Waals surface area (Å²) >= 11 is 0. The van der Waals surface area contributed by atoms with E-state index in [-0.39, 0.29) is 0 Å². The topological polar surface area (TPSA) is 15.3 Å². The quantitative estimate of drug-likeness (QED) is 0.687. The average molecular weight is 170 g/mol. The molecule has 1 atom stereocenters. The van der Waals surface area contributed by atoms with Crippen LogP contribution in [0.3, 0.4) is 0 Å². The van der Waals surface area contributed by atoms with Gasteiger partial charge in [-0.15, -0.1) is 0 Å². The molecule has 2 nitrogen and oxygen atoms in total. The van der Waals surface area contributed by atoms with Crippen molar-refractivity contribution in [3.05, 3.63) is 0 Å². The van der Waals surface area contributed by atoms with Gasteiger partial charge in [0, 0.05) is 5.54 Å². The summed E-state index contributed by atoms with van der Waals surface area (Å²) in [7, 11) is 2.05. The molecule has 1 heterocycles. The first-order valence-corrected chi connectivity index (χ1v) is 5.02. The molecule has 0 amide bonds. The van der Waals surface area contributed by atoms with E-state index >= 15 is 0 Å². The molecule has 0 aromatic rings. The van der Waals surface area contributed by atoms with E-state index in [0.29, 0.717) is 5.54 Å². The average Bonchev–Trinajstić information content (AvgIpc) is 2.28. The van der Waals surface area contributed by atoms with Crippen molar-refractivity contribution in [1.82, 2.24) is 10.2 Å². The largest absolute Gasteiger partial charge is 0.319 e. The number of rotatable bonds is 3. The van der Waals surface area contributed by atoms with Gasteiger partial charge in [0.25, 0.3) is 0 Å². The highest BCUT2D eigenvalue weighted by Crippen LogP contribution is 2.33. The Morgan fingerprint density at radius 1 is 1.50 bits per heavy atom. The molecule has 1 unspecified atom stereocenters. The van der Waals surface area contributed by atoms with Crippen molar-refractivity contribution in [2.45, 2.75) is 32.7 Å². The van der Waals surface area contributed by atoms with Crippen LogP contribution in [0.1, 0.15) is 27.2 Å². The Morgan fingerprint density at radius 2 is 2.17 bits per heavy atom. The van der Waals surface area contributed by atoms with E-state index in [1.165, 1.54) is 19.5 Å². The van der Waals surface area contributed by atoms with Crippen molar-refractivity contribution in [3.8, 4) is 0 Å². The lowest BCUT2D eigenvalue weighted by Crippen LogP contribution is -2.44. The van der Waals surface area contributed by atoms with E-state index in [9.17, 15) is 0 Å². The lowest BCUT2D eigenvalue weighted by atomic mass is 9.88. The fraction of sp³-hybridized carbons (Fsp3) is 1.00. The second-order valence-electron chi connectivity index (χ2n) is 4.28. The van der Waals surface area contributed by atoms with E-state index in [1.807, 2.05) is 7.05 Å². The fourth-order valence-corrected chi connectivity index (χ4v) is 2.38. The van der Waals surface area contributed by atoms with Crippen molar-refractivity contribution in [1.29, 1.82) is 0 Å². The van der Waals surface area contributed by atoms with Crippen LogP contribution in [0, 0.1) is 5.92 Å². The molecule has 0 aromatic heterocycles. The lowest BCUT2D eigenvalue weighted by molar-refractivity contribution is 0.145. The molecule has 1 fully saturated rings. The summed E-state index contributed by atoms with van der Waals surface area (Å²) in [4.78, 5) is 2.58. The van der Waals surface area contributed by atoms with Gasteiger partial charge in [-0.25, -0.2) is 0 Å². The summed E-state index contributed by atoms with van der Waals surface area (Å²) in [6, 6.07) is 0. The van der Waals surface area contributed by atoms with E-state index in [4.69, 9.17) is 0 Å². The first kappa shape index (κ1) is 10.0. The van der Waals surface area contributed by atoms with Crippen LogP contribution in [0.4, 0.5) is 0 Å². The molecule has 2 heteroatoms. The summed E-state index contributed by atoms with van der Waals surface area (Å²) in [5.41, 5.74) is 0.401. The summed E-state index contributed by atoms with van der Waals surface area (Å²) in [6.07, 6.45) is 1.35. The molecular weight excluding hydrogens is 148 g/mol. The smallest absolute Gasteiger partial charge is 0.0193 e. The van der Waals surface area contributed by atoms with Gasteiger partial charge in [0.1, 0.15) is 0 Å². The summed E-state index contributed by atoms with van der Waals surface area (Å²) in [6.45, 7) is 10.6. The van der Waals surface area contributed by atoms with Gasteiger partial charge in [-0.05, 0) is 52.9 Å². The van der Waals surface area contributed by atoms with Gasteiger partial charge in [-0.2, -0.15) is 0 Å². The van der Waals surface area contributed by atoms with Gasteiger partial charge in [0.2, 0.25) is 0 Å². The van der Waals surface area contributed by atoms with E-state index < -0.39 is 0 Å². The minimum absolute atomic E-state index is 0.401. The Bertz CT molecular complexity index is 143. The predicted molar refractivity (Wildman–Crippen MR) is 53.4 cm³/mol. The van der Waals surface area contributed by atoms with Crippen molar-refractivity contribution in [2.75, 3.05) is 26.7 Å². The molecule has 1 aliphatic rings. The Labute approximate surface area is 76.3 Å². The molecule has 0 saturated carbocycles. The van der Waals surface area contributed by atoms with Crippen molar-refractivity contribution in [3.63, 3.8) is 0 Å². The zero-order valence-corrected chi connectivity index (χ0v) is 8.85. The molecule has 0 aromatic carbocycles. The second-order valence-corrected chi connectivity index (χ2v) is 4.28. The molecule has 1 rings (SSSR count). The summed E-state index contributed by atoms with van der Waals surface area (Å²) in [5, 5.41) is 3.28. The minimum Gasteiger partial charge on any atom is -0.319 e.